The Labute approximate surface area is 187 Å². The molecule has 1 N–H and O–H groups in total. The number of aromatic nitrogens is 2. The van der Waals surface area contributed by atoms with Gasteiger partial charge >= 0.3 is 12.1 Å². The summed E-state index contributed by atoms with van der Waals surface area (Å²) in [6.07, 6.45) is -0.614. The SMILES string of the molecule is CCCCCOc1ccc(Nc2nc(-c3ccc(C(=O)OC)cn3)cs2)cc1C(F)(F)F. The van der Waals surface area contributed by atoms with Crippen molar-refractivity contribution in [1.29, 1.82) is 0 Å². The Morgan fingerprint density at radius 2 is 1.97 bits per heavy atom. The number of carbonyl (C=O) groups is 1. The predicted octanol–water partition coefficient (Wildman–Crippen LogP) is 6.32. The number of carbonyl (C=O) groups excluding carboxylic acids is 1. The molecule has 3 aromatic rings. The number of ether oxygens (including phenoxy) is 2. The van der Waals surface area contributed by atoms with Crippen LogP contribution in [0, 0.1) is 0 Å². The number of alkyl halides is 3. The molecule has 0 atom stereocenters. The molecule has 170 valence electrons. The monoisotopic (exact) mass is 465 g/mol. The molecule has 0 spiro atoms. The van der Waals surface area contributed by atoms with Crippen molar-refractivity contribution in [2.75, 3.05) is 19.0 Å². The number of thiazole rings is 1. The number of nitrogens with zero attached hydrogens (tertiary/aromatic N) is 2. The van der Waals surface area contributed by atoms with E-state index in [-0.39, 0.29) is 18.0 Å². The van der Waals surface area contributed by atoms with Crippen LogP contribution in [0.3, 0.4) is 0 Å². The molecular weight excluding hydrogens is 443 g/mol. The summed E-state index contributed by atoms with van der Waals surface area (Å²) in [4.78, 5) is 20.1. The molecule has 0 saturated heterocycles. The van der Waals surface area contributed by atoms with Gasteiger partial charge < -0.3 is 14.8 Å². The lowest BCUT2D eigenvalue weighted by Gasteiger charge is -2.15. The molecule has 0 aliphatic rings. The second kappa shape index (κ2) is 10.4. The van der Waals surface area contributed by atoms with E-state index in [1.807, 2.05) is 6.92 Å². The van der Waals surface area contributed by atoms with Crippen molar-refractivity contribution in [2.24, 2.45) is 0 Å². The zero-order valence-corrected chi connectivity index (χ0v) is 18.3. The second-order valence-electron chi connectivity index (χ2n) is 6.85. The molecule has 1 aromatic carbocycles. The molecule has 10 heteroatoms. The molecule has 2 heterocycles. The Hall–Kier alpha value is -3.14. The summed E-state index contributed by atoms with van der Waals surface area (Å²) in [5, 5.41) is 5.03. The van der Waals surface area contributed by atoms with Crippen LogP contribution in [-0.2, 0) is 10.9 Å². The number of hydrogen-bond donors (Lipinski definition) is 1. The second-order valence-corrected chi connectivity index (χ2v) is 7.71. The fourth-order valence-electron chi connectivity index (χ4n) is 2.85. The fourth-order valence-corrected chi connectivity index (χ4v) is 3.57. The molecule has 0 aliphatic carbocycles. The van der Waals surface area contributed by atoms with Crippen molar-refractivity contribution < 1.29 is 27.4 Å². The van der Waals surface area contributed by atoms with E-state index >= 15 is 0 Å². The molecule has 3 rings (SSSR count). The van der Waals surface area contributed by atoms with Gasteiger partial charge in [-0.05, 0) is 36.8 Å². The summed E-state index contributed by atoms with van der Waals surface area (Å²) in [7, 11) is 1.28. The van der Waals surface area contributed by atoms with Gasteiger partial charge in [-0.3, -0.25) is 4.98 Å². The normalized spacial score (nSPS) is 11.3. The lowest BCUT2D eigenvalue weighted by atomic mass is 10.1. The number of esters is 1. The average molecular weight is 465 g/mol. The first-order valence-corrected chi connectivity index (χ1v) is 10.8. The largest absolute Gasteiger partial charge is 0.493 e. The highest BCUT2D eigenvalue weighted by Gasteiger charge is 2.34. The van der Waals surface area contributed by atoms with Gasteiger partial charge in [-0.2, -0.15) is 13.2 Å². The molecule has 0 bridgehead atoms. The van der Waals surface area contributed by atoms with Gasteiger partial charge in [0.1, 0.15) is 11.4 Å². The number of rotatable bonds is 9. The van der Waals surface area contributed by atoms with E-state index in [1.165, 1.54) is 36.8 Å². The zero-order valence-electron chi connectivity index (χ0n) is 17.5. The van der Waals surface area contributed by atoms with Crippen LogP contribution in [0.4, 0.5) is 24.0 Å². The summed E-state index contributed by atoms with van der Waals surface area (Å²) in [5.74, 6) is -0.684. The molecule has 32 heavy (non-hydrogen) atoms. The number of hydrogen-bond acceptors (Lipinski definition) is 7. The van der Waals surface area contributed by atoms with Crippen LogP contribution in [0.15, 0.2) is 41.9 Å². The molecule has 0 amide bonds. The van der Waals surface area contributed by atoms with E-state index in [2.05, 4.69) is 20.0 Å². The van der Waals surface area contributed by atoms with Crippen molar-refractivity contribution in [3.05, 3.63) is 53.0 Å². The maximum atomic E-state index is 13.5. The number of unbranched alkanes of at least 4 members (excludes halogenated alkanes) is 2. The number of anilines is 2. The summed E-state index contributed by atoms with van der Waals surface area (Å²) in [6, 6.07) is 7.04. The summed E-state index contributed by atoms with van der Waals surface area (Å²) < 4.78 is 50.6. The highest BCUT2D eigenvalue weighted by atomic mass is 32.1. The average Bonchev–Trinajstić information content (AvgIpc) is 3.24. The lowest BCUT2D eigenvalue weighted by molar-refractivity contribution is -0.138. The van der Waals surface area contributed by atoms with E-state index in [1.54, 1.807) is 17.5 Å². The zero-order chi connectivity index (χ0) is 23.1. The van der Waals surface area contributed by atoms with Crippen LogP contribution in [0.25, 0.3) is 11.4 Å². The molecule has 0 unspecified atom stereocenters. The first-order valence-electron chi connectivity index (χ1n) is 9.93. The van der Waals surface area contributed by atoms with Gasteiger partial charge in [0.05, 0.1) is 30.5 Å². The third-order valence-electron chi connectivity index (χ3n) is 4.49. The van der Waals surface area contributed by atoms with Crippen molar-refractivity contribution in [3.63, 3.8) is 0 Å². The summed E-state index contributed by atoms with van der Waals surface area (Å²) >= 11 is 1.22. The Morgan fingerprint density at radius 1 is 1.16 bits per heavy atom. The van der Waals surface area contributed by atoms with E-state index in [4.69, 9.17) is 4.74 Å². The molecule has 0 aliphatic heterocycles. The van der Waals surface area contributed by atoms with E-state index in [0.29, 0.717) is 28.5 Å². The van der Waals surface area contributed by atoms with Gasteiger partial charge in [-0.1, -0.05) is 19.8 Å². The van der Waals surface area contributed by atoms with E-state index < -0.39 is 17.7 Å². The van der Waals surface area contributed by atoms with Crippen molar-refractivity contribution >= 4 is 28.1 Å². The predicted molar refractivity (Wildman–Crippen MR) is 116 cm³/mol. The Balaban J connectivity index is 1.74. The maximum absolute atomic E-state index is 13.5. The molecule has 0 saturated carbocycles. The quantitative estimate of drug-likeness (QED) is 0.294. The van der Waals surface area contributed by atoms with Crippen LogP contribution in [0.5, 0.6) is 5.75 Å². The number of pyridine rings is 1. The minimum absolute atomic E-state index is 0.186. The Bertz CT molecular complexity index is 1050. The maximum Gasteiger partial charge on any atom is 0.420 e. The van der Waals surface area contributed by atoms with Gasteiger partial charge in [-0.25, -0.2) is 9.78 Å². The van der Waals surface area contributed by atoms with Crippen molar-refractivity contribution in [2.45, 2.75) is 32.4 Å². The molecule has 2 aromatic heterocycles. The highest BCUT2D eigenvalue weighted by molar-refractivity contribution is 7.14. The standard InChI is InChI=1S/C22H22F3N3O3S/c1-3-4-5-10-31-19-9-7-15(11-16(19)22(23,24)25)27-21-28-18(13-32-21)17-8-6-14(12-26-17)20(29)30-2/h6-9,11-13H,3-5,10H2,1-2H3,(H,27,28). The number of nitrogens with one attached hydrogen (secondary N) is 1. The van der Waals surface area contributed by atoms with Gasteiger partial charge in [0.15, 0.2) is 5.13 Å². The Morgan fingerprint density at radius 3 is 2.62 bits per heavy atom. The van der Waals surface area contributed by atoms with Crippen LogP contribution >= 0.6 is 11.3 Å². The fraction of sp³-hybridized carbons (Fsp3) is 0.318. The van der Waals surface area contributed by atoms with Crippen LogP contribution in [-0.4, -0.2) is 29.7 Å². The molecule has 0 radical (unpaired) electrons. The minimum Gasteiger partial charge on any atom is -0.493 e. The van der Waals surface area contributed by atoms with Crippen LogP contribution in [0.1, 0.15) is 42.1 Å². The first kappa shape index (κ1) is 23.5. The minimum atomic E-state index is -4.54. The smallest absolute Gasteiger partial charge is 0.420 e. The summed E-state index contributed by atoms with van der Waals surface area (Å²) in [6.45, 7) is 2.25. The Kier molecular flexibility index (Phi) is 7.68. The number of benzene rings is 1. The van der Waals surface area contributed by atoms with Crippen LogP contribution in [0.2, 0.25) is 0 Å². The first-order chi connectivity index (χ1) is 15.3. The van der Waals surface area contributed by atoms with Gasteiger partial charge in [-0.15, -0.1) is 11.3 Å². The van der Waals surface area contributed by atoms with Gasteiger partial charge in [0.2, 0.25) is 0 Å². The molecular formula is C22H22F3N3O3S. The molecule has 0 fully saturated rings. The van der Waals surface area contributed by atoms with E-state index in [9.17, 15) is 18.0 Å². The van der Waals surface area contributed by atoms with E-state index in [0.717, 1.165) is 18.9 Å². The van der Waals surface area contributed by atoms with Gasteiger partial charge in [0, 0.05) is 17.3 Å². The number of halogens is 3. The van der Waals surface area contributed by atoms with Gasteiger partial charge in [0.25, 0.3) is 0 Å². The topological polar surface area (TPSA) is 73.3 Å². The van der Waals surface area contributed by atoms with Crippen LogP contribution < -0.4 is 10.1 Å². The third-order valence-corrected chi connectivity index (χ3v) is 5.25. The van der Waals surface area contributed by atoms with Crippen molar-refractivity contribution in [1.82, 2.24) is 9.97 Å². The highest BCUT2D eigenvalue weighted by Crippen LogP contribution is 2.39. The number of methoxy groups -OCH3 is 1. The third kappa shape index (κ3) is 5.97. The molecule has 6 nitrogen and oxygen atoms in total. The van der Waals surface area contributed by atoms with Crippen molar-refractivity contribution in [3.8, 4) is 17.1 Å². The lowest BCUT2D eigenvalue weighted by Crippen LogP contribution is -2.10. The summed E-state index contributed by atoms with van der Waals surface area (Å²) in [5.41, 5.74) is 0.764.